The summed E-state index contributed by atoms with van der Waals surface area (Å²) in [5.74, 6) is 5.52. The van der Waals surface area contributed by atoms with Crippen molar-refractivity contribution in [1.82, 2.24) is 15.4 Å². The molecule has 0 radical (unpaired) electrons. The average Bonchev–Trinajstić information content (AvgIpc) is 2.52. The number of rotatable bonds is 2. The van der Waals surface area contributed by atoms with E-state index < -0.39 is 5.91 Å². The highest BCUT2D eigenvalue weighted by Crippen LogP contribution is 2.13. The fourth-order valence-electron chi connectivity index (χ4n) is 1.55. The number of carbonyl (C=O) groups excluding carboxylic acids is 1. The monoisotopic (exact) mass is 268 g/mol. The van der Waals surface area contributed by atoms with Gasteiger partial charge >= 0.3 is 0 Å². The van der Waals surface area contributed by atoms with Crippen LogP contribution in [0.25, 0.3) is 0 Å². The fourth-order valence-corrected chi connectivity index (χ4v) is 1.55. The Morgan fingerprint density at radius 1 is 1.30 bits per heavy atom. The number of pyridine rings is 2. The summed E-state index contributed by atoms with van der Waals surface area (Å²) in [4.78, 5) is 19.6. The van der Waals surface area contributed by atoms with Gasteiger partial charge in [0.2, 0.25) is 0 Å². The normalized spacial score (nSPS) is 9.30. The van der Waals surface area contributed by atoms with Gasteiger partial charge in [0.15, 0.2) is 0 Å². The quantitative estimate of drug-likeness (QED) is 0.430. The highest BCUT2D eigenvalue weighted by molar-refractivity contribution is 5.98. The highest BCUT2D eigenvalue weighted by atomic mass is 16.5. The number of anilines is 1. The van der Waals surface area contributed by atoms with Crippen LogP contribution in [0.5, 0.6) is 0 Å². The lowest BCUT2D eigenvalue weighted by atomic mass is 10.1. The average molecular weight is 268 g/mol. The van der Waals surface area contributed by atoms with Crippen molar-refractivity contribution in [3.05, 3.63) is 53.5 Å². The zero-order chi connectivity index (χ0) is 14.4. The molecule has 0 aliphatic heterocycles. The minimum Gasteiger partial charge on any atom is -0.372 e. The maximum atomic E-state index is 11.5. The molecular weight excluding hydrogens is 256 g/mol. The first-order valence-electron chi connectivity index (χ1n) is 5.79. The van der Waals surface area contributed by atoms with Gasteiger partial charge in [-0.1, -0.05) is 11.8 Å². The van der Waals surface area contributed by atoms with Crippen molar-refractivity contribution in [2.24, 2.45) is 0 Å². The van der Waals surface area contributed by atoms with E-state index in [1.165, 1.54) is 0 Å². The molecule has 2 rings (SSSR count). The van der Waals surface area contributed by atoms with E-state index in [1.807, 2.05) is 6.07 Å². The van der Waals surface area contributed by atoms with E-state index >= 15 is 0 Å². The Hall–Kier alpha value is -2.91. The number of nitrogens with one attached hydrogen (secondary N) is 2. The Balaban J connectivity index is 2.35. The standard InChI is InChI=1S/C14H12N4O2/c1-15-13-12(14(19)18-20)7-11(9-17-13)5-4-10-3-2-6-16-8-10/h2-3,6-9,20H,1H3,(H,15,17)(H,18,19). The van der Waals surface area contributed by atoms with Crippen LogP contribution in [0.15, 0.2) is 36.8 Å². The first kappa shape index (κ1) is 13.5. The first-order valence-corrected chi connectivity index (χ1v) is 5.79. The van der Waals surface area contributed by atoms with Crippen LogP contribution >= 0.6 is 0 Å². The minimum absolute atomic E-state index is 0.216. The van der Waals surface area contributed by atoms with Crippen LogP contribution < -0.4 is 10.8 Å². The molecule has 1 amide bonds. The number of hydrogen-bond donors (Lipinski definition) is 3. The van der Waals surface area contributed by atoms with Gasteiger partial charge in [0, 0.05) is 36.8 Å². The minimum atomic E-state index is -0.646. The molecule has 3 N–H and O–H groups in total. The van der Waals surface area contributed by atoms with Crippen molar-refractivity contribution in [1.29, 1.82) is 0 Å². The number of nitrogens with zero attached hydrogens (tertiary/aromatic N) is 2. The first-order chi connectivity index (χ1) is 9.74. The van der Waals surface area contributed by atoms with E-state index in [9.17, 15) is 4.79 Å². The van der Waals surface area contributed by atoms with E-state index in [-0.39, 0.29) is 5.56 Å². The summed E-state index contributed by atoms with van der Waals surface area (Å²) in [6.45, 7) is 0. The third kappa shape index (κ3) is 3.10. The van der Waals surface area contributed by atoms with Gasteiger partial charge in [0.1, 0.15) is 5.82 Å². The van der Waals surface area contributed by atoms with Crippen molar-refractivity contribution in [3.63, 3.8) is 0 Å². The predicted molar refractivity (Wildman–Crippen MR) is 73.3 cm³/mol. The van der Waals surface area contributed by atoms with E-state index in [4.69, 9.17) is 5.21 Å². The molecule has 0 fully saturated rings. The number of hydrogen-bond acceptors (Lipinski definition) is 5. The molecule has 6 nitrogen and oxygen atoms in total. The zero-order valence-corrected chi connectivity index (χ0v) is 10.7. The maximum Gasteiger partial charge on any atom is 0.278 e. The van der Waals surface area contributed by atoms with Gasteiger partial charge in [0.05, 0.1) is 5.56 Å². The second-order valence-electron chi connectivity index (χ2n) is 3.80. The van der Waals surface area contributed by atoms with Gasteiger partial charge in [0.25, 0.3) is 5.91 Å². The molecule has 2 aromatic heterocycles. The smallest absolute Gasteiger partial charge is 0.278 e. The van der Waals surface area contributed by atoms with Gasteiger partial charge in [-0.15, -0.1) is 0 Å². The molecule has 6 heteroatoms. The number of aromatic nitrogens is 2. The lowest BCUT2D eigenvalue weighted by Gasteiger charge is -2.06. The van der Waals surface area contributed by atoms with Crippen molar-refractivity contribution >= 4 is 11.7 Å². The van der Waals surface area contributed by atoms with Gasteiger partial charge in [-0.05, 0) is 18.2 Å². The Morgan fingerprint density at radius 3 is 2.75 bits per heavy atom. The molecule has 0 aliphatic rings. The van der Waals surface area contributed by atoms with Gasteiger partial charge in [-0.2, -0.15) is 0 Å². The van der Waals surface area contributed by atoms with Crippen molar-refractivity contribution in [2.75, 3.05) is 12.4 Å². The Kier molecular flexibility index (Phi) is 4.27. The summed E-state index contributed by atoms with van der Waals surface area (Å²) in [6.07, 6.45) is 4.85. The topological polar surface area (TPSA) is 87.1 Å². The van der Waals surface area contributed by atoms with E-state index in [0.717, 1.165) is 5.56 Å². The molecule has 20 heavy (non-hydrogen) atoms. The molecule has 0 saturated heterocycles. The molecule has 0 aliphatic carbocycles. The molecule has 0 atom stereocenters. The number of amides is 1. The maximum absolute atomic E-state index is 11.5. The fraction of sp³-hybridized carbons (Fsp3) is 0.0714. The third-order valence-corrected chi connectivity index (χ3v) is 2.48. The highest BCUT2D eigenvalue weighted by Gasteiger charge is 2.11. The third-order valence-electron chi connectivity index (χ3n) is 2.48. The number of hydroxylamine groups is 1. The summed E-state index contributed by atoms with van der Waals surface area (Å²) in [5.41, 5.74) is 3.12. The van der Waals surface area contributed by atoms with E-state index in [0.29, 0.717) is 11.4 Å². The lowest BCUT2D eigenvalue weighted by molar-refractivity contribution is 0.0707. The molecule has 0 bridgehead atoms. The zero-order valence-electron chi connectivity index (χ0n) is 10.7. The Morgan fingerprint density at radius 2 is 2.10 bits per heavy atom. The lowest BCUT2D eigenvalue weighted by Crippen LogP contribution is -2.20. The van der Waals surface area contributed by atoms with Crippen molar-refractivity contribution < 1.29 is 10.0 Å². The van der Waals surface area contributed by atoms with Crippen LogP contribution in [-0.2, 0) is 0 Å². The molecule has 2 aromatic rings. The summed E-state index contributed by atoms with van der Waals surface area (Å²) in [7, 11) is 1.64. The molecule has 0 unspecified atom stereocenters. The predicted octanol–water partition coefficient (Wildman–Crippen LogP) is 1.04. The molecule has 0 spiro atoms. The Bertz CT molecular complexity index is 675. The summed E-state index contributed by atoms with van der Waals surface area (Å²) >= 11 is 0. The second kappa shape index (κ2) is 6.31. The van der Waals surface area contributed by atoms with E-state index in [1.54, 1.807) is 43.3 Å². The Labute approximate surface area is 115 Å². The van der Waals surface area contributed by atoms with Crippen LogP contribution in [0.4, 0.5) is 5.82 Å². The SMILES string of the molecule is CNc1ncc(C#Cc2cccnc2)cc1C(=O)NO. The van der Waals surface area contributed by atoms with Crippen LogP contribution in [0.3, 0.4) is 0 Å². The van der Waals surface area contributed by atoms with E-state index in [2.05, 4.69) is 27.1 Å². The second-order valence-corrected chi connectivity index (χ2v) is 3.80. The summed E-state index contributed by atoms with van der Waals surface area (Å²) < 4.78 is 0. The number of carbonyl (C=O) groups is 1. The van der Waals surface area contributed by atoms with Gasteiger partial charge < -0.3 is 5.32 Å². The summed E-state index contributed by atoms with van der Waals surface area (Å²) in [6, 6.07) is 5.17. The van der Waals surface area contributed by atoms with Gasteiger partial charge in [-0.3, -0.25) is 15.0 Å². The molecule has 100 valence electrons. The summed E-state index contributed by atoms with van der Waals surface area (Å²) in [5, 5.41) is 11.5. The van der Waals surface area contributed by atoms with Crippen LogP contribution in [0.2, 0.25) is 0 Å². The molecule has 2 heterocycles. The van der Waals surface area contributed by atoms with Crippen LogP contribution in [0, 0.1) is 11.8 Å². The van der Waals surface area contributed by atoms with Crippen molar-refractivity contribution in [3.8, 4) is 11.8 Å². The van der Waals surface area contributed by atoms with Crippen molar-refractivity contribution in [2.45, 2.75) is 0 Å². The molecular formula is C14H12N4O2. The molecule has 0 saturated carbocycles. The van der Waals surface area contributed by atoms with Gasteiger partial charge in [-0.25, -0.2) is 10.5 Å². The van der Waals surface area contributed by atoms with Crippen LogP contribution in [-0.4, -0.2) is 28.1 Å². The molecule has 0 aromatic carbocycles. The largest absolute Gasteiger partial charge is 0.372 e. The van der Waals surface area contributed by atoms with Crippen LogP contribution in [0.1, 0.15) is 21.5 Å².